The Morgan fingerprint density at radius 3 is 2.67 bits per heavy atom. The van der Waals surface area contributed by atoms with Crippen LogP contribution in [0.3, 0.4) is 0 Å². The fourth-order valence-corrected chi connectivity index (χ4v) is 3.54. The van der Waals surface area contributed by atoms with Gasteiger partial charge in [0.15, 0.2) is 10.9 Å². The number of hydrogen-bond acceptors (Lipinski definition) is 4. The molecule has 7 nitrogen and oxygen atoms in total. The maximum Gasteiger partial charge on any atom is 0.338 e. The van der Waals surface area contributed by atoms with Crippen LogP contribution in [0, 0.1) is 0 Å². The summed E-state index contributed by atoms with van der Waals surface area (Å²) in [5.41, 5.74) is 10.8. The van der Waals surface area contributed by atoms with Crippen molar-refractivity contribution in [2.24, 2.45) is 10.8 Å². The quantitative estimate of drug-likeness (QED) is 0.494. The molecule has 9 heteroatoms. The molecule has 0 bridgehead atoms. The monoisotopic (exact) mass is 399 g/mol. The van der Waals surface area contributed by atoms with Crippen LogP contribution in [0.15, 0.2) is 53.6 Å². The Bertz CT molecular complexity index is 1110. The predicted molar refractivity (Wildman–Crippen MR) is 109 cm³/mol. The minimum absolute atomic E-state index is 0.127. The van der Waals surface area contributed by atoms with E-state index in [2.05, 4.69) is 15.8 Å². The van der Waals surface area contributed by atoms with Crippen molar-refractivity contribution in [3.05, 3.63) is 59.1 Å². The van der Waals surface area contributed by atoms with Crippen molar-refractivity contribution in [3.8, 4) is 11.3 Å². The molecule has 0 radical (unpaired) electrons. The van der Waals surface area contributed by atoms with Gasteiger partial charge in [0.1, 0.15) is 6.17 Å². The summed E-state index contributed by atoms with van der Waals surface area (Å²) in [6, 6.07) is 14.3. The number of fused-ring (bicyclic) bond motifs is 1. The normalized spacial score (nSPS) is 16.6. The van der Waals surface area contributed by atoms with Gasteiger partial charge >= 0.3 is 5.97 Å². The SMILES string of the molecule is NC1NC(=S)NN=C1n1c(-c2ccccc2)c(C(=O)O)c2cc(Cl)ccc21. The third kappa shape index (κ3) is 2.93. The second kappa shape index (κ2) is 6.66. The van der Waals surface area contributed by atoms with Gasteiger partial charge in [-0.1, -0.05) is 41.9 Å². The summed E-state index contributed by atoms with van der Waals surface area (Å²) in [5.74, 6) is -0.677. The highest BCUT2D eigenvalue weighted by Crippen LogP contribution is 2.35. The van der Waals surface area contributed by atoms with Gasteiger partial charge in [-0.2, -0.15) is 5.10 Å². The van der Waals surface area contributed by atoms with Gasteiger partial charge in [-0.3, -0.25) is 9.99 Å². The third-order valence-corrected chi connectivity index (χ3v) is 4.70. The molecule has 1 aromatic heterocycles. The number of nitrogens with one attached hydrogen (secondary N) is 2. The van der Waals surface area contributed by atoms with Crippen molar-refractivity contribution in [2.75, 3.05) is 0 Å². The van der Waals surface area contributed by atoms with E-state index < -0.39 is 12.1 Å². The van der Waals surface area contributed by atoms with E-state index >= 15 is 0 Å². The Morgan fingerprint density at radius 1 is 1.26 bits per heavy atom. The minimum Gasteiger partial charge on any atom is -0.478 e. The van der Waals surface area contributed by atoms with Crippen LogP contribution in [0.1, 0.15) is 10.4 Å². The molecule has 0 fully saturated rings. The summed E-state index contributed by atoms with van der Waals surface area (Å²) in [5, 5.41) is 18.4. The van der Waals surface area contributed by atoms with E-state index in [9.17, 15) is 9.90 Å². The molecule has 136 valence electrons. The molecule has 1 aliphatic heterocycles. The van der Waals surface area contributed by atoms with Gasteiger partial charge in [-0.25, -0.2) is 4.79 Å². The first-order valence-corrected chi connectivity index (χ1v) is 8.78. The third-order valence-electron chi connectivity index (χ3n) is 4.26. The highest BCUT2D eigenvalue weighted by molar-refractivity contribution is 7.80. The number of nitrogens with zero attached hydrogens (tertiary/aromatic N) is 2. The van der Waals surface area contributed by atoms with Gasteiger partial charge in [0.2, 0.25) is 0 Å². The lowest BCUT2D eigenvalue weighted by Crippen LogP contribution is -2.56. The molecule has 0 amide bonds. The first-order valence-electron chi connectivity index (χ1n) is 8.00. The Morgan fingerprint density at radius 2 is 2.00 bits per heavy atom. The molecular weight excluding hydrogens is 386 g/mol. The zero-order valence-electron chi connectivity index (χ0n) is 13.8. The van der Waals surface area contributed by atoms with E-state index in [0.717, 1.165) is 0 Å². The molecular formula is C18H14ClN5O2S. The van der Waals surface area contributed by atoms with Crippen molar-refractivity contribution in [1.82, 2.24) is 15.3 Å². The zero-order valence-corrected chi connectivity index (χ0v) is 15.4. The van der Waals surface area contributed by atoms with E-state index in [0.29, 0.717) is 38.1 Å². The van der Waals surface area contributed by atoms with Gasteiger partial charge in [0.05, 0.1) is 16.8 Å². The maximum absolute atomic E-state index is 12.2. The maximum atomic E-state index is 12.2. The largest absolute Gasteiger partial charge is 0.478 e. The highest BCUT2D eigenvalue weighted by atomic mass is 35.5. The average Bonchev–Trinajstić information content (AvgIpc) is 2.96. The molecule has 0 saturated carbocycles. The molecule has 2 aromatic carbocycles. The first-order chi connectivity index (χ1) is 13.0. The minimum atomic E-state index is -1.07. The molecule has 2 heterocycles. The average molecular weight is 400 g/mol. The van der Waals surface area contributed by atoms with Crippen molar-refractivity contribution >= 4 is 51.6 Å². The number of hydrogen-bond donors (Lipinski definition) is 4. The summed E-state index contributed by atoms with van der Waals surface area (Å²) < 4.78 is 1.72. The number of nitrogens with two attached hydrogens (primary N) is 1. The van der Waals surface area contributed by atoms with Gasteiger partial charge in [0.25, 0.3) is 0 Å². The van der Waals surface area contributed by atoms with Gasteiger partial charge in [-0.15, -0.1) is 0 Å². The van der Waals surface area contributed by atoms with Crippen LogP contribution in [0.5, 0.6) is 0 Å². The summed E-state index contributed by atoms with van der Waals surface area (Å²) >= 11 is 11.2. The number of carbonyl (C=O) groups is 1. The van der Waals surface area contributed by atoms with Crippen molar-refractivity contribution < 1.29 is 9.90 Å². The van der Waals surface area contributed by atoms with Crippen LogP contribution in [-0.4, -0.2) is 32.8 Å². The second-order valence-electron chi connectivity index (χ2n) is 5.92. The predicted octanol–water partition coefficient (Wildman–Crippen LogP) is 2.58. The van der Waals surface area contributed by atoms with Crippen LogP contribution in [0.4, 0.5) is 0 Å². The summed E-state index contributed by atoms with van der Waals surface area (Å²) in [4.78, 5) is 12.2. The molecule has 0 aliphatic carbocycles. The Kier molecular flexibility index (Phi) is 4.31. The van der Waals surface area contributed by atoms with E-state index in [1.165, 1.54) is 0 Å². The lowest BCUT2D eigenvalue weighted by molar-refractivity contribution is 0.0700. The number of hydrazone groups is 1. The van der Waals surface area contributed by atoms with Crippen LogP contribution in [-0.2, 0) is 0 Å². The number of aromatic carboxylic acids is 1. The standard InChI is InChI=1S/C18H14ClN5O2S/c19-10-6-7-12-11(8-10)13(17(25)26)14(9-4-2-1-3-5-9)24(12)16-15(20)21-18(27)23-22-16/h1-8,15H,20H2,(H,25,26)(H2,21,23,27). The molecule has 1 atom stereocenters. The van der Waals surface area contributed by atoms with E-state index in [1.54, 1.807) is 22.8 Å². The van der Waals surface area contributed by atoms with Crippen LogP contribution in [0.25, 0.3) is 22.2 Å². The van der Waals surface area contributed by atoms with Gasteiger partial charge in [-0.05, 0) is 36.0 Å². The molecule has 5 N–H and O–H groups in total. The number of carboxylic acids is 1. The molecule has 0 saturated heterocycles. The zero-order chi connectivity index (χ0) is 19.1. The van der Waals surface area contributed by atoms with Crippen molar-refractivity contribution in [3.63, 3.8) is 0 Å². The van der Waals surface area contributed by atoms with Crippen molar-refractivity contribution in [1.29, 1.82) is 0 Å². The molecule has 1 aliphatic rings. The van der Waals surface area contributed by atoms with Crippen molar-refractivity contribution in [2.45, 2.75) is 6.17 Å². The lowest BCUT2D eigenvalue weighted by atomic mass is 10.1. The summed E-state index contributed by atoms with van der Waals surface area (Å²) in [6.45, 7) is 0. The highest BCUT2D eigenvalue weighted by Gasteiger charge is 2.29. The number of rotatable bonds is 2. The number of aromatic nitrogens is 1. The molecule has 3 aromatic rings. The lowest BCUT2D eigenvalue weighted by Gasteiger charge is -2.25. The molecule has 4 rings (SSSR count). The second-order valence-corrected chi connectivity index (χ2v) is 6.77. The Hall–Kier alpha value is -2.94. The van der Waals surface area contributed by atoms with Crippen LogP contribution in [0.2, 0.25) is 5.02 Å². The summed E-state index contributed by atoms with van der Waals surface area (Å²) in [6.07, 6.45) is -0.714. The number of thiocarbonyl (C=S) groups is 1. The number of carboxylic acid groups (broad SMARTS) is 1. The van der Waals surface area contributed by atoms with E-state index in [1.807, 2.05) is 30.3 Å². The fraction of sp³-hybridized carbons (Fsp3) is 0.0556. The smallest absolute Gasteiger partial charge is 0.338 e. The van der Waals surface area contributed by atoms with Crippen LogP contribution < -0.4 is 16.5 Å². The Labute approximate surface area is 164 Å². The topological polar surface area (TPSA) is 105 Å². The van der Waals surface area contributed by atoms with Gasteiger partial charge in [0, 0.05) is 10.4 Å². The fourth-order valence-electron chi connectivity index (χ4n) is 3.19. The van der Waals surface area contributed by atoms with E-state index in [-0.39, 0.29) is 5.56 Å². The van der Waals surface area contributed by atoms with Gasteiger partial charge < -0.3 is 16.2 Å². The number of benzene rings is 2. The number of halogens is 1. The molecule has 27 heavy (non-hydrogen) atoms. The van der Waals surface area contributed by atoms with E-state index in [4.69, 9.17) is 29.6 Å². The first kappa shape index (κ1) is 17.5. The Balaban J connectivity index is 2.14. The molecule has 1 unspecified atom stereocenters. The van der Waals surface area contributed by atoms with Crippen LogP contribution >= 0.6 is 23.8 Å². The summed E-state index contributed by atoms with van der Waals surface area (Å²) in [7, 11) is 0. The molecule has 0 spiro atoms.